The minimum Gasteiger partial charge on any atom is -0.543 e. The van der Waals surface area contributed by atoms with Crippen LogP contribution in [0.25, 0.3) is 5.57 Å². The molecular weight excluding hydrogens is 444 g/mol. The highest BCUT2D eigenvalue weighted by molar-refractivity contribution is 9.11. The van der Waals surface area contributed by atoms with Gasteiger partial charge in [-0.25, -0.2) is 0 Å². The third kappa shape index (κ3) is 4.62. The molecule has 0 amide bonds. The zero-order valence-corrected chi connectivity index (χ0v) is 19.1. The molecule has 0 heterocycles. The summed E-state index contributed by atoms with van der Waals surface area (Å²) in [5.41, 5.74) is 3.15. The van der Waals surface area contributed by atoms with Gasteiger partial charge in [-0.1, -0.05) is 71.3 Å². The molecule has 0 aliphatic rings. The van der Waals surface area contributed by atoms with Crippen LogP contribution in [0.1, 0.15) is 31.9 Å². The largest absolute Gasteiger partial charge is 0.543 e. The van der Waals surface area contributed by atoms with Crippen molar-refractivity contribution in [3.63, 3.8) is 0 Å². The topological polar surface area (TPSA) is 9.23 Å². The molecule has 0 aromatic heterocycles. The monoisotopic (exact) mass is 466 g/mol. The van der Waals surface area contributed by atoms with Gasteiger partial charge in [-0.15, -0.1) is 0 Å². The summed E-state index contributed by atoms with van der Waals surface area (Å²) in [6, 6.07) is 14.4. The molecule has 0 N–H and O–H groups in total. The standard InChI is InChI=1S/C20H24Br2OSi/c1-14(16-10-17(21)13-18(22)11-16)15-8-7-9-19(12-15)23-24(5,6)20(2,3)4/h7-13H,1H2,2-6H3. The van der Waals surface area contributed by atoms with E-state index in [0.717, 1.165) is 31.4 Å². The second-order valence-corrected chi connectivity index (χ2v) is 14.1. The van der Waals surface area contributed by atoms with Crippen molar-refractivity contribution >= 4 is 45.8 Å². The lowest BCUT2D eigenvalue weighted by molar-refractivity contribution is 0.492. The predicted molar refractivity (Wildman–Crippen MR) is 114 cm³/mol. The molecule has 0 radical (unpaired) electrons. The lowest BCUT2D eigenvalue weighted by atomic mass is 10.00. The van der Waals surface area contributed by atoms with Crippen molar-refractivity contribution in [2.24, 2.45) is 0 Å². The summed E-state index contributed by atoms with van der Waals surface area (Å²) in [4.78, 5) is 0. The van der Waals surface area contributed by atoms with Crippen molar-refractivity contribution in [1.29, 1.82) is 0 Å². The molecule has 0 spiro atoms. The van der Waals surface area contributed by atoms with Crippen LogP contribution in [-0.2, 0) is 0 Å². The fourth-order valence-electron chi connectivity index (χ4n) is 2.09. The van der Waals surface area contributed by atoms with Crippen molar-refractivity contribution in [3.8, 4) is 5.75 Å². The third-order valence-electron chi connectivity index (χ3n) is 4.57. The first-order valence-electron chi connectivity index (χ1n) is 7.94. The first-order valence-corrected chi connectivity index (χ1v) is 12.4. The van der Waals surface area contributed by atoms with Gasteiger partial charge in [0.15, 0.2) is 0 Å². The zero-order chi connectivity index (χ0) is 18.1. The Bertz CT molecular complexity index is 740. The van der Waals surface area contributed by atoms with Crippen LogP contribution in [0.3, 0.4) is 0 Å². The maximum Gasteiger partial charge on any atom is 0.250 e. The molecule has 0 bridgehead atoms. The van der Waals surface area contributed by atoms with Crippen LogP contribution < -0.4 is 4.43 Å². The fraction of sp³-hybridized carbons (Fsp3) is 0.300. The molecule has 2 aromatic carbocycles. The molecule has 0 saturated carbocycles. The summed E-state index contributed by atoms with van der Waals surface area (Å²) in [7, 11) is -1.85. The van der Waals surface area contributed by atoms with Gasteiger partial charge >= 0.3 is 0 Å². The molecule has 0 saturated heterocycles. The van der Waals surface area contributed by atoms with Crippen LogP contribution in [0.15, 0.2) is 58.0 Å². The minimum atomic E-state index is -1.85. The highest BCUT2D eigenvalue weighted by Crippen LogP contribution is 2.38. The van der Waals surface area contributed by atoms with Gasteiger partial charge in [0.2, 0.25) is 8.32 Å². The molecule has 2 aromatic rings. The van der Waals surface area contributed by atoms with Gasteiger partial charge in [0.25, 0.3) is 0 Å². The van der Waals surface area contributed by atoms with Crippen LogP contribution in [0.5, 0.6) is 5.75 Å². The summed E-state index contributed by atoms with van der Waals surface area (Å²) in [5.74, 6) is 0.925. The minimum absolute atomic E-state index is 0.176. The van der Waals surface area contributed by atoms with Crippen LogP contribution >= 0.6 is 31.9 Å². The maximum absolute atomic E-state index is 6.42. The van der Waals surface area contributed by atoms with E-state index < -0.39 is 8.32 Å². The SMILES string of the molecule is C=C(c1cc(Br)cc(Br)c1)c1cccc(O[Si](C)(C)C(C)(C)C)c1. The summed E-state index contributed by atoms with van der Waals surface area (Å²) in [5, 5.41) is 0.176. The van der Waals surface area contributed by atoms with Gasteiger partial charge in [0.05, 0.1) is 0 Å². The number of rotatable bonds is 4. The summed E-state index contributed by atoms with van der Waals surface area (Å²) in [6.07, 6.45) is 0. The Morgan fingerprint density at radius 1 is 0.958 bits per heavy atom. The number of hydrogen-bond donors (Lipinski definition) is 0. The van der Waals surface area contributed by atoms with E-state index in [4.69, 9.17) is 4.43 Å². The van der Waals surface area contributed by atoms with Crippen LogP contribution in [0.2, 0.25) is 18.1 Å². The Hall–Kier alpha value is -0.843. The summed E-state index contributed by atoms with van der Waals surface area (Å²) < 4.78 is 8.48. The fourth-order valence-corrected chi connectivity index (χ4v) is 4.41. The molecular formula is C20H24Br2OSi. The van der Waals surface area contributed by atoms with Gasteiger partial charge in [-0.05, 0) is 65.2 Å². The molecule has 2 rings (SSSR count). The van der Waals surface area contributed by atoms with E-state index in [9.17, 15) is 0 Å². The molecule has 24 heavy (non-hydrogen) atoms. The summed E-state index contributed by atoms with van der Waals surface area (Å²) >= 11 is 7.08. The Morgan fingerprint density at radius 2 is 1.54 bits per heavy atom. The lowest BCUT2D eigenvalue weighted by Gasteiger charge is -2.36. The highest BCUT2D eigenvalue weighted by atomic mass is 79.9. The van der Waals surface area contributed by atoms with E-state index in [0.29, 0.717) is 0 Å². The Morgan fingerprint density at radius 3 is 2.08 bits per heavy atom. The lowest BCUT2D eigenvalue weighted by Crippen LogP contribution is -2.43. The Kier molecular flexibility index (Phi) is 5.83. The van der Waals surface area contributed by atoms with Crippen molar-refractivity contribution in [3.05, 3.63) is 69.1 Å². The first kappa shape index (κ1) is 19.5. The van der Waals surface area contributed by atoms with E-state index in [-0.39, 0.29) is 5.04 Å². The second kappa shape index (κ2) is 7.18. The number of benzene rings is 2. The van der Waals surface area contributed by atoms with Crippen molar-refractivity contribution in [2.45, 2.75) is 38.9 Å². The smallest absolute Gasteiger partial charge is 0.250 e. The van der Waals surface area contributed by atoms with Gasteiger partial charge in [-0.3, -0.25) is 0 Å². The van der Waals surface area contributed by atoms with Crippen LogP contribution in [0, 0.1) is 0 Å². The molecule has 0 aliphatic heterocycles. The first-order chi connectivity index (χ1) is 11.0. The average Bonchev–Trinajstić information content (AvgIpc) is 2.44. The molecule has 0 atom stereocenters. The van der Waals surface area contributed by atoms with E-state index in [1.54, 1.807) is 0 Å². The van der Waals surface area contributed by atoms with Crippen LogP contribution in [0.4, 0.5) is 0 Å². The van der Waals surface area contributed by atoms with Gasteiger partial charge in [-0.2, -0.15) is 0 Å². The zero-order valence-electron chi connectivity index (χ0n) is 14.9. The van der Waals surface area contributed by atoms with Crippen molar-refractivity contribution in [1.82, 2.24) is 0 Å². The Balaban J connectivity index is 2.32. The molecule has 128 valence electrons. The molecule has 1 nitrogen and oxygen atoms in total. The molecule has 4 heteroatoms. The van der Waals surface area contributed by atoms with E-state index in [1.807, 2.05) is 18.2 Å². The molecule has 0 unspecified atom stereocenters. The van der Waals surface area contributed by atoms with E-state index in [1.165, 1.54) is 0 Å². The highest BCUT2D eigenvalue weighted by Gasteiger charge is 2.38. The summed E-state index contributed by atoms with van der Waals surface area (Å²) in [6.45, 7) is 15.6. The van der Waals surface area contributed by atoms with E-state index in [2.05, 4.69) is 96.6 Å². The molecule has 0 fully saturated rings. The molecule has 0 aliphatic carbocycles. The predicted octanol–water partition coefficient (Wildman–Crippen LogP) is 7.66. The van der Waals surface area contributed by atoms with Crippen molar-refractivity contribution in [2.75, 3.05) is 0 Å². The van der Waals surface area contributed by atoms with Gasteiger partial charge in [0.1, 0.15) is 5.75 Å². The second-order valence-electron chi connectivity index (χ2n) is 7.53. The van der Waals surface area contributed by atoms with Gasteiger partial charge < -0.3 is 4.43 Å². The average molecular weight is 468 g/mol. The third-order valence-corrected chi connectivity index (χ3v) is 9.85. The Labute approximate surface area is 163 Å². The normalized spacial score (nSPS) is 12.1. The van der Waals surface area contributed by atoms with Crippen LogP contribution in [-0.4, -0.2) is 8.32 Å². The van der Waals surface area contributed by atoms with Crippen molar-refractivity contribution < 1.29 is 4.43 Å². The van der Waals surface area contributed by atoms with Gasteiger partial charge in [0, 0.05) is 8.95 Å². The van der Waals surface area contributed by atoms with E-state index >= 15 is 0 Å². The maximum atomic E-state index is 6.42. The quantitative estimate of drug-likeness (QED) is 0.419. The number of halogens is 2. The number of hydrogen-bond acceptors (Lipinski definition) is 1.